The second kappa shape index (κ2) is 5.04. The molecular formula is C13H26F3NOSi. The van der Waals surface area contributed by atoms with Gasteiger partial charge in [-0.2, -0.15) is 13.2 Å². The summed E-state index contributed by atoms with van der Waals surface area (Å²) in [6, 6.07) is 0. The van der Waals surface area contributed by atoms with Crippen molar-refractivity contribution in [2.45, 2.75) is 70.6 Å². The third kappa shape index (κ3) is 4.19. The molecule has 0 bridgehead atoms. The van der Waals surface area contributed by atoms with Gasteiger partial charge in [-0.1, -0.05) is 0 Å². The number of likely N-dealkylation sites (tertiary alicyclic amines) is 1. The first-order chi connectivity index (χ1) is 8.27. The molecule has 0 N–H and O–H groups in total. The van der Waals surface area contributed by atoms with Crippen molar-refractivity contribution in [3.63, 3.8) is 0 Å². The number of nitrogens with zero attached hydrogens (tertiary/aromatic N) is 1. The second-order valence-electron chi connectivity index (χ2n) is 7.36. The summed E-state index contributed by atoms with van der Waals surface area (Å²) in [5.41, 5.74) is -2.02. The summed E-state index contributed by atoms with van der Waals surface area (Å²) >= 11 is 0. The zero-order chi connectivity index (χ0) is 15.1. The Morgan fingerprint density at radius 3 is 1.68 bits per heavy atom. The highest BCUT2D eigenvalue weighted by atomic mass is 28.4. The zero-order valence-corrected chi connectivity index (χ0v) is 13.8. The van der Waals surface area contributed by atoms with E-state index in [9.17, 15) is 13.2 Å². The van der Waals surface area contributed by atoms with E-state index in [-0.39, 0.29) is 18.4 Å². The normalized spacial score (nSPS) is 22.6. The number of hydrogen-bond acceptors (Lipinski definition) is 2. The fraction of sp³-hybridized carbons (Fsp3) is 1.00. The van der Waals surface area contributed by atoms with Crippen LogP contribution in [0.2, 0.25) is 19.6 Å². The van der Waals surface area contributed by atoms with Crippen molar-refractivity contribution >= 4 is 8.32 Å². The zero-order valence-electron chi connectivity index (χ0n) is 12.8. The molecule has 0 saturated carbocycles. The van der Waals surface area contributed by atoms with E-state index in [4.69, 9.17) is 4.43 Å². The van der Waals surface area contributed by atoms with Crippen molar-refractivity contribution in [1.29, 1.82) is 0 Å². The molecule has 0 atom stereocenters. The molecule has 114 valence electrons. The van der Waals surface area contributed by atoms with Gasteiger partial charge in [0.25, 0.3) is 0 Å². The first-order valence-corrected chi connectivity index (χ1v) is 10.2. The number of piperidine rings is 1. The van der Waals surface area contributed by atoms with Gasteiger partial charge in [0, 0.05) is 18.6 Å². The molecule has 0 radical (unpaired) electrons. The summed E-state index contributed by atoms with van der Waals surface area (Å²) in [7, 11) is -2.23. The number of hydrogen-bond donors (Lipinski definition) is 0. The molecule has 0 aromatic carbocycles. The number of alkyl halides is 3. The fourth-order valence-corrected chi connectivity index (χ4v) is 4.06. The Hall–Kier alpha value is -0.0731. The average Bonchev–Trinajstić information content (AvgIpc) is 2.12. The highest BCUT2D eigenvalue weighted by Crippen LogP contribution is 2.44. The molecule has 1 aliphatic rings. The Bertz CT molecular complexity index is 309. The van der Waals surface area contributed by atoms with E-state index < -0.39 is 20.1 Å². The quantitative estimate of drug-likeness (QED) is 0.713. The van der Waals surface area contributed by atoms with Gasteiger partial charge in [-0.15, -0.1) is 0 Å². The van der Waals surface area contributed by atoms with Gasteiger partial charge in [-0.3, -0.25) is 4.90 Å². The lowest BCUT2D eigenvalue weighted by atomic mass is 9.88. The van der Waals surface area contributed by atoms with Crippen LogP contribution in [0.1, 0.15) is 33.6 Å². The minimum absolute atomic E-state index is 0.0397. The van der Waals surface area contributed by atoms with Gasteiger partial charge in [0.1, 0.15) is 0 Å². The van der Waals surface area contributed by atoms with Gasteiger partial charge in [-0.25, -0.2) is 0 Å². The van der Waals surface area contributed by atoms with E-state index in [2.05, 4.69) is 4.90 Å². The van der Waals surface area contributed by atoms with Crippen LogP contribution in [-0.2, 0) is 4.43 Å². The van der Waals surface area contributed by atoms with Gasteiger partial charge in [0.15, 0.2) is 13.9 Å². The van der Waals surface area contributed by atoms with Crippen LogP contribution in [0, 0.1) is 0 Å². The minimum atomic E-state index is -4.28. The van der Waals surface area contributed by atoms with Gasteiger partial charge in [0.05, 0.1) is 0 Å². The van der Waals surface area contributed by atoms with Crippen molar-refractivity contribution in [2.75, 3.05) is 13.1 Å². The van der Waals surface area contributed by atoms with Crippen LogP contribution in [0.4, 0.5) is 13.2 Å². The maximum absolute atomic E-state index is 13.4. The minimum Gasteiger partial charge on any atom is -0.404 e. The van der Waals surface area contributed by atoms with Gasteiger partial charge >= 0.3 is 6.18 Å². The molecule has 0 unspecified atom stereocenters. The topological polar surface area (TPSA) is 12.5 Å². The molecule has 1 aliphatic heterocycles. The second-order valence-corrected chi connectivity index (χ2v) is 11.8. The Balaban J connectivity index is 2.88. The summed E-state index contributed by atoms with van der Waals surface area (Å²) in [5, 5.41) is 0. The van der Waals surface area contributed by atoms with Crippen LogP contribution in [0.3, 0.4) is 0 Å². The Labute approximate surface area is 115 Å². The van der Waals surface area contributed by atoms with Gasteiger partial charge in [0.2, 0.25) is 0 Å². The molecule has 0 aliphatic carbocycles. The Morgan fingerprint density at radius 1 is 1.00 bits per heavy atom. The van der Waals surface area contributed by atoms with E-state index in [1.54, 1.807) is 0 Å². The predicted octanol–water partition coefficient (Wildman–Crippen LogP) is 4.03. The van der Waals surface area contributed by atoms with Crippen LogP contribution in [0.15, 0.2) is 0 Å². The molecule has 1 saturated heterocycles. The highest BCUT2D eigenvalue weighted by Gasteiger charge is 2.58. The number of halogens is 3. The lowest BCUT2D eigenvalue weighted by Crippen LogP contribution is -2.60. The van der Waals surface area contributed by atoms with E-state index in [1.807, 2.05) is 40.4 Å². The lowest BCUT2D eigenvalue weighted by Gasteiger charge is -2.48. The van der Waals surface area contributed by atoms with Crippen LogP contribution in [0.25, 0.3) is 0 Å². The summed E-state index contributed by atoms with van der Waals surface area (Å²) in [4.78, 5) is 2.10. The maximum Gasteiger partial charge on any atom is 0.416 e. The predicted molar refractivity (Wildman–Crippen MR) is 73.8 cm³/mol. The van der Waals surface area contributed by atoms with Crippen molar-refractivity contribution < 1.29 is 17.6 Å². The molecule has 1 heterocycles. The molecule has 0 amide bonds. The SMILES string of the molecule is CC(C)(C)N1CCC(O[Si](C)(C)C)(C(F)(F)F)CC1. The lowest BCUT2D eigenvalue weighted by molar-refractivity contribution is -0.266. The standard InChI is InChI=1S/C13H26F3NOSi/c1-11(2,3)17-9-7-12(8-10-17,13(14,15)16)18-19(4,5)6/h7-10H2,1-6H3. The highest BCUT2D eigenvalue weighted by molar-refractivity contribution is 6.69. The molecule has 1 fully saturated rings. The summed E-state index contributed by atoms with van der Waals surface area (Å²) in [6.07, 6.45) is -4.20. The molecule has 0 aromatic heterocycles. The van der Waals surface area contributed by atoms with Crippen LogP contribution in [-0.4, -0.2) is 43.6 Å². The first-order valence-electron chi connectivity index (χ1n) is 6.79. The molecule has 0 spiro atoms. The molecule has 6 heteroatoms. The van der Waals surface area contributed by atoms with Crippen molar-refractivity contribution in [3.8, 4) is 0 Å². The Morgan fingerprint density at radius 2 is 1.42 bits per heavy atom. The van der Waals surface area contributed by atoms with E-state index >= 15 is 0 Å². The molecular weight excluding hydrogens is 271 g/mol. The third-order valence-corrected chi connectivity index (χ3v) is 4.54. The molecule has 2 nitrogen and oxygen atoms in total. The van der Waals surface area contributed by atoms with E-state index in [0.29, 0.717) is 13.1 Å². The molecule has 1 rings (SSSR count). The Kier molecular flexibility index (Phi) is 4.50. The van der Waals surface area contributed by atoms with Crippen LogP contribution in [0.5, 0.6) is 0 Å². The van der Waals surface area contributed by atoms with Crippen molar-refractivity contribution in [3.05, 3.63) is 0 Å². The monoisotopic (exact) mass is 297 g/mol. The number of rotatable bonds is 2. The van der Waals surface area contributed by atoms with E-state index in [1.165, 1.54) is 0 Å². The summed E-state index contributed by atoms with van der Waals surface area (Å²) < 4.78 is 45.9. The summed E-state index contributed by atoms with van der Waals surface area (Å²) in [5.74, 6) is 0. The summed E-state index contributed by atoms with van der Waals surface area (Å²) in [6.45, 7) is 12.4. The van der Waals surface area contributed by atoms with Crippen molar-refractivity contribution in [1.82, 2.24) is 4.90 Å². The maximum atomic E-state index is 13.4. The van der Waals surface area contributed by atoms with Gasteiger partial charge < -0.3 is 4.43 Å². The van der Waals surface area contributed by atoms with Crippen molar-refractivity contribution in [2.24, 2.45) is 0 Å². The molecule has 0 aromatic rings. The largest absolute Gasteiger partial charge is 0.416 e. The average molecular weight is 297 g/mol. The van der Waals surface area contributed by atoms with Crippen LogP contribution < -0.4 is 0 Å². The first kappa shape index (κ1) is 17.0. The van der Waals surface area contributed by atoms with Crippen LogP contribution >= 0.6 is 0 Å². The third-order valence-electron chi connectivity index (χ3n) is 3.54. The van der Waals surface area contributed by atoms with Gasteiger partial charge in [-0.05, 0) is 53.3 Å². The van der Waals surface area contributed by atoms with E-state index in [0.717, 1.165) is 0 Å². The fourth-order valence-electron chi connectivity index (χ4n) is 2.57. The smallest absolute Gasteiger partial charge is 0.404 e. The molecule has 19 heavy (non-hydrogen) atoms.